The van der Waals surface area contributed by atoms with Gasteiger partial charge in [-0.1, -0.05) is 13.5 Å². The molecule has 0 saturated carbocycles. The molecule has 0 radical (unpaired) electrons. The third kappa shape index (κ3) is 2.83. The van der Waals surface area contributed by atoms with Gasteiger partial charge in [-0.05, 0) is 12.7 Å². The molecule has 0 aliphatic rings. The van der Waals surface area contributed by atoms with Crippen LogP contribution in [-0.4, -0.2) is 12.8 Å². The van der Waals surface area contributed by atoms with E-state index in [-0.39, 0.29) is 0 Å². The first kappa shape index (κ1) is 8.93. The highest BCUT2D eigenvalue weighted by Crippen LogP contribution is 2.46. The molecule has 0 bridgehead atoms. The SMILES string of the molecule is C=CP(=O)(CC)OCC. The summed E-state index contributed by atoms with van der Waals surface area (Å²) in [6.07, 6.45) is 0.546. The molecule has 0 aromatic carbocycles. The van der Waals surface area contributed by atoms with Crippen molar-refractivity contribution in [3.05, 3.63) is 12.4 Å². The van der Waals surface area contributed by atoms with Crippen molar-refractivity contribution in [3.63, 3.8) is 0 Å². The van der Waals surface area contributed by atoms with Crippen LogP contribution in [0.15, 0.2) is 12.4 Å². The molecule has 0 N–H and O–H groups in total. The summed E-state index contributed by atoms with van der Waals surface area (Å²) in [4.78, 5) is 0. The maximum atomic E-state index is 11.2. The van der Waals surface area contributed by atoms with Gasteiger partial charge in [0.1, 0.15) is 0 Å². The Kier molecular flexibility index (Phi) is 3.83. The van der Waals surface area contributed by atoms with Crippen LogP contribution in [0.25, 0.3) is 0 Å². The van der Waals surface area contributed by atoms with Gasteiger partial charge < -0.3 is 4.52 Å². The zero-order valence-corrected chi connectivity index (χ0v) is 6.86. The van der Waals surface area contributed by atoms with Gasteiger partial charge in [0.2, 0.25) is 7.37 Å². The maximum Gasteiger partial charge on any atom is 0.224 e. The van der Waals surface area contributed by atoms with Gasteiger partial charge in [-0.25, -0.2) is 0 Å². The van der Waals surface area contributed by atoms with Crippen molar-refractivity contribution in [1.82, 2.24) is 0 Å². The van der Waals surface area contributed by atoms with E-state index in [0.29, 0.717) is 12.8 Å². The molecule has 0 aromatic heterocycles. The van der Waals surface area contributed by atoms with Gasteiger partial charge in [0.05, 0.1) is 6.61 Å². The largest absolute Gasteiger partial charge is 0.326 e. The van der Waals surface area contributed by atoms with Gasteiger partial charge in [-0.3, -0.25) is 4.57 Å². The van der Waals surface area contributed by atoms with Gasteiger partial charge in [-0.2, -0.15) is 0 Å². The van der Waals surface area contributed by atoms with Crippen LogP contribution in [0.4, 0.5) is 0 Å². The third-order valence-electron chi connectivity index (χ3n) is 1.07. The second-order valence-electron chi connectivity index (χ2n) is 1.64. The van der Waals surface area contributed by atoms with Crippen molar-refractivity contribution in [2.24, 2.45) is 0 Å². The molecule has 2 nitrogen and oxygen atoms in total. The van der Waals surface area contributed by atoms with Gasteiger partial charge >= 0.3 is 0 Å². The first-order chi connectivity index (χ1) is 4.18. The van der Waals surface area contributed by atoms with E-state index in [1.54, 1.807) is 0 Å². The van der Waals surface area contributed by atoms with Crippen molar-refractivity contribution < 1.29 is 9.09 Å². The van der Waals surface area contributed by atoms with Crippen LogP contribution in [0, 0.1) is 0 Å². The fourth-order valence-electron chi connectivity index (χ4n) is 0.492. The van der Waals surface area contributed by atoms with E-state index < -0.39 is 7.37 Å². The van der Waals surface area contributed by atoms with Gasteiger partial charge in [0.15, 0.2) is 0 Å². The lowest BCUT2D eigenvalue weighted by Gasteiger charge is -2.08. The van der Waals surface area contributed by atoms with Crippen LogP contribution in [0.1, 0.15) is 13.8 Å². The molecule has 0 aromatic rings. The smallest absolute Gasteiger partial charge is 0.224 e. The molecular weight excluding hydrogens is 135 g/mol. The fraction of sp³-hybridized carbons (Fsp3) is 0.667. The normalized spacial score (nSPS) is 16.7. The van der Waals surface area contributed by atoms with Crippen molar-refractivity contribution in [2.45, 2.75) is 13.8 Å². The standard InChI is InChI=1S/C6H13O2P/c1-4-8-9(7,5-2)6-3/h5H,2,4,6H2,1,3H3. The third-order valence-corrected chi connectivity index (χ3v) is 3.20. The minimum atomic E-state index is -2.42. The number of rotatable bonds is 4. The highest BCUT2D eigenvalue weighted by molar-refractivity contribution is 7.62. The Morgan fingerprint density at radius 1 is 1.67 bits per heavy atom. The predicted molar refractivity (Wildman–Crippen MR) is 40.0 cm³/mol. The Labute approximate surface area is 56.4 Å². The molecule has 9 heavy (non-hydrogen) atoms. The summed E-state index contributed by atoms with van der Waals surface area (Å²) in [5.74, 6) is 1.41. The lowest BCUT2D eigenvalue weighted by Crippen LogP contribution is -1.87. The molecular formula is C6H13O2P. The zero-order chi connectivity index (χ0) is 7.33. The van der Waals surface area contributed by atoms with Crippen LogP contribution in [0.5, 0.6) is 0 Å². The van der Waals surface area contributed by atoms with Crippen molar-refractivity contribution in [2.75, 3.05) is 12.8 Å². The van der Waals surface area contributed by atoms with E-state index in [1.807, 2.05) is 13.8 Å². The van der Waals surface area contributed by atoms with Crippen LogP contribution in [-0.2, 0) is 9.09 Å². The van der Waals surface area contributed by atoms with Crippen LogP contribution in [0.2, 0.25) is 0 Å². The molecule has 54 valence electrons. The van der Waals surface area contributed by atoms with Crippen molar-refractivity contribution >= 4 is 7.37 Å². The molecule has 3 heteroatoms. The second kappa shape index (κ2) is 3.86. The Morgan fingerprint density at radius 3 is 2.33 bits per heavy atom. The summed E-state index contributed by atoms with van der Waals surface area (Å²) in [6.45, 7) is 7.59. The van der Waals surface area contributed by atoms with E-state index in [0.717, 1.165) is 0 Å². The average Bonchev–Trinajstić information content (AvgIpc) is 1.89. The Balaban J connectivity index is 3.93. The first-order valence-corrected chi connectivity index (χ1v) is 4.93. The zero-order valence-electron chi connectivity index (χ0n) is 5.96. The summed E-state index contributed by atoms with van der Waals surface area (Å²) < 4.78 is 16.2. The van der Waals surface area contributed by atoms with E-state index in [9.17, 15) is 4.57 Å². The van der Waals surface area contributed by atoms with Crippen molar-refractivity contribution in [3.8, 4) is 0 Å². The maximum absolute atomic E-state index is 11.2. The van der Waals surface area contributed by atoms with Gasteiger partial charge in [0.25, 0.3) is 0 Å². The minimum Gasteiger partial charge on any atom is -0.326 e. The molecule has 1 unspecified atom stereocenters. The lowest BCUT2D eigenvalue weighted by atomic mass is 10.9. The summed E-state index contributed by atoms with van der Waals surface area (Å²) in [6, 6.07) is 0. The van der Waals surface area contributed by atoms with E-state index in [1.165, 1.54) is 5.82 Å². The Morgan fingerprint density at radius 2 is 2.22 bits per heavy atom. The first-order valence-electron chi connectivity index (χ1n) is 3.05. The van der Waals surface area contributed by atoms with E-state index >= 15 is 0 Å². The number of hydrogen-bond acceptors (Lipinski definition) is 2. The minimum absolute atomic E-state index is 0.497. The Bertz CT molecular complexity index is 131. The number of hydrogen-bond donors (Lipinski definition) is 0. The molecule has 0 aliphatic heterocycles. The molecule has 0 fully saturated rings. The lowest BCUT2D eigenvalue weighted by molar-refractivity contribution is 0.341. The second-order valence-corrected chi connectivity index (χ2v) is 4.35. The molecule has 1 atom stereocenters. The Hall–Kier alpha value is -0.0700. The van der Waals surface area contributed by atoms with Crippen LogP contribution in [0.3, 0.4) is 0 Å². The fourth-order valence-corrected chi connectivity index (χ4v) is 1.47. The highest BCUT2D eigenvalue weighted by atomic mass is 31.2. The van der Waals surface area contributed by atoms with Gasteiger partial charge in [0, 0.05) is 6.16 Å². The molecule has 0 spiro atoms. The van der Waals surface area contributed by atoms with Crippen molar-refractivity contribution in [1.29, 1.82) is 0 Å². The van der Waals surface area contributed by atoms with Gasteiger partial charge in [-0.15, -0.1) is 0 Å². The summed E-state index contributed by atoms with van der Waals surface area (Å²) >= 11 is 0. The van der Waals surface area contributed by atoms with E-state index in [2.05, 4.69) is 6.58 Å². The predicted octanol–water partition coefficient (Wildman–Crippen LogP) is 2.46. The average molecular weight is 148 g/mol. The van der Waals surface area contributed by atoms with Crippen LogP contribution >= 0.6 is 7.37 Å². The molecule has 0 aliphatic carbocycles. The topological polar surface area (TPSA) is 26.3 Å². The molecule has 0 rings (SSSR count). The van der Waals surface area contributed by atoms with Crippen LogP contribution < -0.4 is 0 Å². The summed E-state index contributed by atoms with van der Waals surface area (Å²) in [7, 11) is -2.42. The summed E-state index contributed by atoms with van der Waals surface area (Å²) in [5, 5.41) is 0. The quantitative estimate of drug-likeness (QED) is 0.572. The molecule has 0 amide bonds. The highest BCUT2D eigenvalue weighted by Gasteiger charge is 2.12. The summed E-state index contributed by atoms with van der Waals surface area (Å²) in [5.41, 5.74) is 0. The molecule has 0 heterocycles. The van der Waals surface area contributed by atoms with E-state index in [4.69, 9.17) is 4.52 Å². The molecule has 0 saturated heterocycles. The monoisotopic (exact) mass is 148 g/mol.